The summed E-state index contributed by atoms with van der Waals surface area (Å²) < 4.78 is 0. The number of anilines is 1. The van der Waals surface area contributed by atoms with Crippen molar-refractivity contribution in [2.24, 2.45) is 4.99 Å². The summed E-state index contributed by atoms with van der Waals surface area (Å²) in [7, 11) is 0. The molecule has 0 radical (unpaired) electrons. The monoisotopic (exact) mass is 538 g/mol. The molecule has 0 unspecified atom stereocenters. The minimum Gasteiger partial charge on any atom is -0.399 e. The van der Waals surface area contributed by atoms with Crippen LogP contribution in [0.3, 0.4) is 0 Å². The molecule has 7 aromatic rings. The normalized spacial score (nSPS) is 12.0. The van der Waals surface area contributed by atoms with Crippen LogP contribution in [-0.4, -0.2) is 5.71 Å². The molecule has 2 N–H and O–H groups in total. The highest BCUT2D eigenvalue weighted by Crippen LogP contribution is 2.35. The molecule has 0 aromatic heterocycles. The van der Waals surface area contributed by atoms with Crippen LogP contribution in [-0.2, 0) is 6.54 Å². The number of allylic oxidation sites excluding steroid dienone is 1. The maximum absolute atomic E-state index is 5.85. The van der Waals surface area contributed by atoms with Crippen molar-refractivity contribution in [2.75, 3.05) is 5.73 Å². The van der Waals surface area contributed by atoms with Gasteiger partial charge in [-0.2, -0.15) is 0 Å². The van der Waals surface area contributed by atoms with Gasteiger partial charge in [-0.3, -0.25) is 4.99 Å². The molecule has 0 saturated carbocycles. The van der Waals surface area contributed by atoms with Gasteiger partial charge in [0.1, 0.15) is 0 Å². The third-order valence-electron chi connectivity index (χ3n) is 7.90. The van der Waals surface area contributed by atoms with Crippen molar-refractivity contribution < 1.29 is 0 Å². The molecule has 0 aliphatic carbocycles. The van der Waals surface area contributed by atoms with Gasteiger partial charge < -0.3 is 5.73 Å². The first-order valence-corrected chi connectivity index (χ1v) is 14.3. The number of nitrogens with two attached hydrogens (primary N) is 1. The third-order valence-corrected chi connectivity index (χ3v) is 7.90. The van der Waals surface area contributed by atoms with Crippen molar-refractivity contribution in [3.05, 3.63) is 168 Å². The summed E-state index contributed by atoms with van der Waals surface area (Å²) in [4.78, 5) is 5.06. The van der Waals surface area contributed by atoms with Crippen molar-refractivity contribution in [1.29, 1.82) is 0 Å². The van der Waals surface area contributed by atoms with Crippen LogP contribution in [0.2, 0.25) is 0 Å². The highest BCUT2D eigenvalue weighted by Gasteiger charge is 2.08. The molecule has 7 rings (SSSR count). The molecule has 2 heteroatoms. The standard InChI is InChI=1S/C40H30N2/c41-33-22-20-31(21-23-33)30-18-14-29(15-19-30)27-42-40(32-8-2-1-3-9-32)25-17-28-16-24-38-36-12-5-4-10-34(36)35-11-6-7-13-37(35)39(38)26-28/h1-26H,27,41H2/b25-17+,42-40?. The fraction of sp³-hybridized carbons (Fsp3) is 0.0250. The van der Waals surface area contributed by atoms with Gasteiger partial charge in [0.2, 0.25) is 0 Å². The Balaban J connectivity index is 1.22. The average Bonchev–Trinajstić information content (AvgIpc) is 3.06. The minimum absolute atomic E-state index is 0.602. The van der Waals surface area contributed by atoms with E-state index in [-0.39, 0.29) is 0 Å². The van der Waals surface area contributed by atoms with E-state index >= 15 is 0 Å². The van der Waals surface area contributed by atoms with E-state index in [1.165, 1.54) is 43.4 Å². The summed E-state index contributed by atoms with van der Waals surface area (Å²) >= 11 is 0. The summed E-state index contributed by atoms with van der Waals surface area (Å²) in [6, 6.07) is 51.2. The molecule has 0 spiro atoms. The fourth-order valence-corrected chi connectivity index (χ4v) is 5.71. The summed E-state index contributed by atoms with van der Waals surface area (Å²) in [5.74, 6) is 0. The number of rotatable bonds is 6. The minimum atomic E-state index is 0.602. The van der Waals surface area contributed by atoms with Gasteiger partial charge in [0.25, 0.3) is 0 Å². The van der Waals surface area contributed by atoms with Gasteiger partial charge in [0.05, 0.1) is 12.3 Å². The van der Waals surface area contributed by atoms with Crippen molar-refractivity contribution in [1.82, 2.24) is 0 Å². The lowest BCUT2D eigenvalue weighted by molar-refractivity contribution is 1.07. The first kappa shape index (κ1) is 25.5. The third kappa shape index (κ3) is 5.07. The van der Waals surface area contributed by atoms with Crippen LogP contribution < -0.4 is 5.73 Å². The molecule has 0 aliphatic heterocycles. The van der Waals surface area contributed by atoms with Gasteiger partial charge in [-0.1, -0.05) is 133 Å². The first-order valence-electron chi connectivity index (χ1n) is 14.3. The topological polar surface area (TPSA) is 38.4 Å². The van der Waals surface area contributed by atoms with E-state index in [1.54, 1.807) is 0 Å². The Kier molecular flexibility index (Phi) is 6.79. The maximum Gasteiger partial charge on any atom is 0.0650 e. The van der Waals surface area contributed by atoms with E-state index in [0.29, 0.717) is 6.54 Å². The second-order valence-corrected chi connectivity index (χ2v) is 10.6. The van der Waals surface area contributed by atoms with Gasteiger partial charge in [0.15, 0.2) is 0 Å². The van der Waals surface area contributed by atoms with Gasteiger partial charge in [-0.25, -0.2) is 0 Å². The molecule has 0 bridgehead atoms. The van der Waals surface area contributed by atoms with Crippen molar-refractivity contribution in [3.8, 4) is 11.1 Å². The lowest BCUT2D eigenvalue weighted by Gasteiger charge is -2.11. The Morgan fingerprint density at radius 3 is 1.67 bits per heavy atom. The highest BCUT2D eigenvalue weighted by molar-refractivity contribution is 6.25. The zero-order valence-corrected chi connectivity index (χ0v) is 23.2. The number of nitrogen functional groups attached to an aromatic ring is 1. The Labute approximate surface area is 246 Å². The maximum atomic E-state index is 5.85. The molecule has 42 heavy (non-hydrogen) atoms. The Bertz CT molecular complexity index is 2050. The summed E-state index contributed by atoms with van der Waals surface area (Å²) in [5.41, 5.74) is 13.3. The van der Waals surface area contributed by atoms with E-state index < -0.39 is 0 Å². The molecule has 7 aromatic carbocycles. The molecule has 0 atom stereocenters. The molecule has 2 nitrogen and oxygen atoms in total. The van der Waals surface area contributed by atoms with Crippen LogP contribution in [0.15, 0.2) is 157 Å². The van der Waals surface area contributed by atoms with Gasteiger partial charge in [-0.05, 0) is 84.4 Å². The largest absolute Gasteiger partial charge is 0.399 e. The van der Waals surface area contributed by atoms with E-state index in [1.807, 2.05) is 18.2 Å². The first-order chi connectivity index (χ1) is 20.7. The molecule has 0 amide bonds. The predicted molar refractivity (Wildman–Crippen MR) is 181 cm³/mol. The number of nitrogens with zero attached hydrogens (tertiary/aromatic N) is 1. The number of hydrogen-bond donors (Lipinski definition) is 1. The second kappa shape index (κ2) is 11.2. The smallest absolute Gasteiger partial charge is 0.0650 e. The number of aliphatic imine (C=N–C) groups is 1. The van der Waals surface area contributed by atoms with Gasteiger partial charge in [0, 0.05) is 5.69 Å². The Morgan fingerprint density at radius 1 is 0.524 bits per heavy atom. The fourth-order valence-electron chi connectivity index (χ4n) is 5.71. The van der Waals surface area contributed by atoms with Crippen LogP contribution in [0.4, 0.5) is 5.69 Å². The zero-order valence-electron chi connectivity index (χ0n) is 23.2. The van der Waals surface area contributed by atoms with Crippen LogP contribution in [0.1, 0.15) is 16.7 Å². The van der Waals surface area contributed by atoms with Crippen LogP contribution in [0.5, 0.6) is 0 Å². The summed E-state index contributed by atoms with van der Waals surface area (Å²) in [6.07, 6.45) is 4.32. The SMILES string of the molecule is Nc1ccc(-c2ccc(CN=C(/C=C/c3ccc4c5ccccc5c5ccccc5c4c3)c3ccccc3)cc2)cc1. The van der Waals surface area contributed by atoms with E-state index in [4.69, 9.17) is 10.7 Å². The molecular formula is C40H30N2. The lowest BCUT2D eigenvalue weighted by atomic mass is 9.93. The quantitative estimate of drug-likeness (QED) is 0.128. The van der Waals surface area contributed by atoms with E-state index in [2.05, 4.69) is 140 Å². The highest BCUT2D eigenvalue weighted by atomic mass is 14.7. The molecular weight excluding hydrogens is 508 g/mol. The number of hydrogen-bond acceptors (Lipinski definition) is 2. The number of fused-ring (bicyclic) bond motifs is 6. The zero-order chi connectivity index (χ0) is 28.3. The molecule has 0 saturated heterocycles. The van der Waals surface area contributed by atoms with Crippen molar-refractivity contribution in [2.45, 2.75) is 6.54 Å². The lowest BCUT2D eigenvalue weighted by Crippen LogP contribution is -1.98. The average molecular weight is 539 g/mol. The number of benzene rings is 7. The van der Waals surface area contributed by atoms with Crippen molar-refractivity contribution >= 4 is 49.8 Å². The summed E-state index contributed by atoms with van der Waals surface area (Å²) in [5, 5.41) is 7.70. The van der Waals surface area contributed by atoms with Crippen molar-refractivity contribution in [3.63, 3.8) is 0 Å². The van der Waals surface area contributed by atoms with Crippen LogP contribution in [0.25, 0.3) is 49.5 Å². The molecule has 200 valence electrons. The molecule has 0 fully saturated rings. The van der Waals surface area contributed by atoms with Crippen LogP contribution >= 0.6 is 0 Å². The molecule has 0 heterocycles. The van der Waals surface area contributed by atoms with Gasteiger partial charge in [-0.15, -0.1) is 0 Å². The predicted octanol–water partition coefficient (Wildman–Crippen LogP) is 10.1. The van der Waals surface area contributed by atoms with Gasteiger partial charge >= 0.3 is 0 Å². The van der Waals surface area contributed by atoms with E-state index in [9.17, 15) is 0 Å². The van der Waals surface area contributed by atoms with Crippen LogP contribution in [0, 0.1) is 0 Å². The Hall–Kier alpha value is -5.47. The second-order valence-electron chi connectivity index (χ2n) is 10.6. The molecule has 0 aliphatic rings. The Morgan fingerprint density at radius 2 is 1.05 bits per heavy atom. The van der Waals surface area contributed by atoms with E-state index in [0.717, 1.165) is 28.1 Å². The summed E-state index contributed by atoms with van der Waals surface area (Å²) in [6.45, 7) is 0.602.